The number of benzene rings is 1. The summed E-state index contributed by atoms with van der Waals surface area (Å²) in [5.41, 5.74) is 5.30. The van der Waals surface area contributed by atoms with E-state index in [-0.39, 0.29) is 30.3 Å². The summed E-state index contributed by atoms with van der Waals surface area (Å²) in [5.74, 6) is -6.35. The van der Waals surface area contributed by atoms with E-state index >= 15 is 0 Å². The normalized spacial score (nSPS) is 26.7. The molecule has 0 aromatic heterocycles. The third kappa shape index (κ3) is 2.52. The molecule has 1 saturated carbocycles. The summed E-state index contributed by atoms with van der Waals surface area (Å²) < 4.78 is 40.1. The average molecular weight is 337 g/mol. The smallest absolute Gasteiger partial charge is 0.257 e. The molecule has 8 heteroatoms. The van der Waals surface area contributed by atoms with Gasteiger partial charge < -0.3 is 15.7 Å². The van der Waals surface area contributed by atoms with Crippen LogP contribution >= 0.6 is 12.4 Å². The van der Waals surface area contributed by atoms with Crippen LogP contribution in [0.3, 0.4) is 0 Å². The Bertz CT molecular complexity index is 614. The van der Waals surface area contributed by atoms with E-state index in [1.807, 2.05) is 0 Å². The molecule has 3 atom stereocenters. The van der Waals surface area contributed by atoms with Gasteiger partial charge in [-0.15, -0.1) is 12.4 Å². The first kappa shape index (κ1) is 16.9. The highest BCUT2D eigenvalue weighted by Gasteiger charge is 2.43. The van der Waals surface area contributed by atoms with Crippen LogP contribution in [-0.2, 0) is 0 Å². The van der Waals surface area contributed by atoms with Gasteiger partial charge in [-0.3, -0.25) is 4.79 Å². The molecule has 1 amide bonds. The summed E-state index contributed by atoms with van der Waals surface area (Å²) in [4.78, 5) is 13.7. The van der Waals surface area contributed by atoms with Gasteiger partial charge in [0.2, 0.25) is 5.82 Å². The van der Waals surface area contributed by atoms with Gasteiger partial charge in [0, 0.05) is 19.1 Å². The molecule has 1 aliphatic heterocycles. The maximum absolute atomic E-state index is 13.8. The number of phenolic OH excluding ortho intramolecular Hbond substituents is 1. The van der Waals surface area contributed by atoms with Crippen LogP contribution in [0.25, 0.3) is 0 Å². The Morgan fingerprint density at radius 3 is 2.55 bits per heavy atom. The van der Waals surface area contributed by atoms with Gasteiger partial charge in [0.25, 0.3) is 5.91 Å². The number of hydrogen-bond donors (Lipinski definition) is 2. The molecule has 4 nitrogen and oxygen atoms in total. The Hall–Kier alpha value is -1.47. The number of phenols is 1. The molecular weight excluding hydrogens is 321 g/mol. The Morgan fingerprint density at radius 1 is 1.23 bits per heavy atom. The van der Waals surface area contributed by atoms with Gasteiger partial charge in [0.1, 0.15) is 0 Å². The first-order chi connectivity index (χ1) is 9.90. The monoisotopic (exact) mass is 336 g/mol. The fraction of sp³-hybridized carbons (Fsp3) is 0.500. The Labute approximate surface area is 131 Å². The number of carbonyl (C=O) groups is 1. The van der Waals surface area contributed by atoms with E-state index in [1.165, 1.54) is 4.90 Å². The second kappa shape index (κ2) is 5.96. The molecule has 3 unspecified atom stereocenters. The highest BCUT2D eigenvalue weighted by atomic mass is 35.5. The molecular formula is C14H16ClF3N2O2. The molecule has 0 radical (unpaired) electrons. The maximum Gasteiger partial charge on any atom is 0.257 e. The quantitative estimate of drug-likeness (QED) is 0.771. The summed E-state index contributed by atoms with van der Waals surface area (Å²) in [7, 11) is 0. The van der Waals surface area contributed by atoms with Gasteiger partial charge >= 0.3 is 0 Å². The minimum absolute atomic E-state index is 0. The van der Waals surface area contributed by atoms with Crippen LogP contribution in [0.4, 0.5) is 13.2 Å². The zero-order valence-electron chi connectivity index (χ0n) is 11.6. The zero-order chi connectivity index (χ0) is 15.3. The number of rotatable bonds is 1. The largest absolute Gasteiger partial charge is 0.503 e. The van der Waals surface area contributed by atoms with E-state index in [0.717, 1.165) is 12.8 Å². The van der Waals surface area contributed by atoms with Crippen molar-refractivity contribution in [2.75, 3.05) is 13.1 Å². The summed E-state index contributed by atoms with van der Waals surface area (Å²) in [6.07, 6.45) is 1.80. The molecule has 1 heterocycles. The fourth-order valence-electron chi connectivity index (χ4n) is 3.39. The number of likely N-dealkylation sites (tertiary alicyclic amines) is 1. The van der Waals surface area contributed by atoms with Crippen LogP contribution in [0.5, 0.6) is 5.75 Å². The highest BCUT2D eigenvalue weighted by molar-refractivity contribution is 5.95. The Morgan fingerprint density at radius 2 is 1.91 bits per heavy atom. The van der Waals surface area contributed by atoms with Gasteiger partial charge in [-0.25, -0.2) is 8.78 Å². The third-order valence-corrected chi connectivity index (χ3v) is 4.56. The highest BCUT2D eigenvalue weighted by Crippen LogP contribution is 2.38. The van der Waals surface area contributed by atoms with Crippen molar-refractivity contribution in [3.05, 3.63) is 29.1 Å². The van der Waals surface area contributed by atoms with E-state index in [0.29, 0.717) is 19.2 Å². The van der Waals surface area contributed by atoms with Crippen LogP contribution < -0.4 is 5.73 Å². The second-order valence-electron chi connectivity index (χ2n) is 5.76. The van der Waals surface area contributed by atoms with Crippen molar-refractivity contribution >= 4 is 18.3 Å². The summed E-state index contributed by atoms with van der Waals surface area (Å²) in [6, 6.07) is 0.497. The van der Waals surface area contributed by atoms with Crippen molar-refractivity contribution < 1.29 is 23.1 Å². The topological polar surface area (TPSA) is 66.6 Å². The molecule has 22 heavy (non-hydrogen) atoms. The molecule has 0 spiro atoms. The third-order valence-electron chi connectivity index (χ3n) is 4.56. The molecule has 3 N–H and O–H groups in total. The number of carbonyl (C=O) groups excluding carboxylic acids is 1. The van der Waals surface area contributed by atoms with Crippen molar-refractivity contribution in [1.82, 2.24) is 4.90 Å². The van der Waals surface area contributed by atoms with Crippen LogP contribution in [0.2, 0.25) is 0 Å². The van der Waals surface area contributed by atoms with Crippen LogP contribution in [-0.4, -0.2) is 35.0 Å². The Balaban J connectivity index is 0.00000176. The number of nitrogens with zero attached hydrogens (tertiary/aromatic N) is 1. The van der Waals surface area contributed by atoms with Gasteiger partial charge in [-0.05, 0) is 30.7 Å². The second-order valence-corrected chi connectivity index (χ2v) is 5.76. The number of halogens is 4. The standard InChI is InChI=1S/C14H15F3N2O2.ClH/c15-9-3-7(11(16)13(20)12(9)17)14(21)19-4-6-1-2-10(18)8(6)5-19;/h3,6,8,10,20H,1-2,4-5,18H2;1H. The molecule has 1 aromatic rings. The van der Waals surface area contributed by atoms with Gasteiger partial charge in [-0.2, -0.15) is 4.39 Å². The van der Waals surface area contributed by atoms with Crippen molar-refractivity contribution in [3.8, 4) is 5.75 Å². The lowest BCUT2D eigenvalue weighted by Crippen LogP contribution is -2.34. The predicted octanol–water partition coefficient (Wildman–Crippen LogP) is 2.04. The van der Waals surface area contributed by atoms with Gasteiger partial charge in [0.15, 0.2) is 17.4 Å². The van der Waals surface area contributed by atoms with E-state index in [4.69, 9.17) is 5.73 Å². The summed E-state index contributed by atoms with van der Waals surface area (Å²) in [6.45, 7) is 0.806. The number of nitrogens with two attached hydrogens (primary N) is 1. The van der Waals surface area contributed by atoms with E-state index in [9.17, 15) is 23.1 Å². The minimum Gasteiger partial charge on any atom is -0.503 e. The molecule has 3 rings (SSSR count). The molecule has 2 aliphatic rings. The van der Waals surface area contributed by atoms with E-state index < -0.39 is 34.7 Å². The van der Waals surface area contributed by atoms with Crippen LogP contribution in [0.15, 0.2) is 6.07 Å². The number of amides is 1. The van der Waals surface area contributed by atoms with Crippen molar-refractivity contribution in [3.63, 3.8) is 0 Å². The molecule has 2 fully saturated rings. The first-order valence-corrected chi connectivity index (χ1v) is 6.81. The van der Waals surface area contributed by atoms with E-state index in [2.05, 4.69) is 0 Å². The minimum atomic E-state index is -1.69. The lowest BCUT2D eigenvalue weighted by atomic mass is 9.98. The summed E-state index contributed by atoms with van der Waals surface area (Å²) in [5, 5.41) is 9.18. The molecule has 122 valence electrons. The Kier molecular flexibility index (Phi) is 4.58. The number of aromatic hydroxyl groups is 1. The zero-order valence-corrected chi connectivity index (χ0v) is 12.4. The predicted molar refractivity (Wildman–Crippen MR) is 75.3 cm³/mol. The van der Waals surface area contributed by atoms with E-state index in [1.54, 1.807) is 0 Å². The van der Waals surface area contributed by atoms with Crippen LogP contribution in [0.1, 0.15) is 23.2 Å². The molecule has 1 saturated heterocycles. The molecule has 1 aliphatic carbocycles. The first-order valence-electron chi connectivity index (χ1n) is 6.81. The lowest BCUT2D eigenvalue weighted by molar-refractivity contribution is 0.0773. The molecule has 0 bridgehead atoms. The average Bonchev–Trinajstić information content (AvgIpc) is 3.02. The van der Waals surface area contributed by atoms with Crippen molar-refractivity contribution in [2.24, 2.45) is 17.6 Å². The van der Waals surface area contributed by atoms with Crippen molar-refractivity contribution in [2.45, 2.75) is 18.9 Å². The fourth-order valence-corrected chi connectivity index (χ4v) is 3.39. The lowest BCUT2D eigenvalue weighted by Gasteiger charge is -2.19. The summed E-state index contributed by atoms with van der Waals surface area (Å²) >= 11 is 0. The van der Waals surface area contributed by atoms with Crippen molar-refractivity contribution in [1.29, 1.82) is 0 Å². The number of hydrogen-bond acceptors (Lipinski definition) is 3. The van der Waals surface area contributed by atoms with Gasteiger partial charge in [-0.1, -0.05) is 0 Å². The maximum atomic E-state index is 13.8. The number of fused-ring (bicyclic) bond motifs is 1. The molecule has 1 aromatic carbocycles. The van der Waals surface area contributed by atoms with Gasteiger partial charge in [0.05, 0.1) is 5.56 Å². The SMILES string of the molecule is Cl.NC1CCC2CN(C(=O)c3cc(F)c(F)c(O)c3F)CC12. The van der Waals surface area contributed by atoms with Crippen LogP contribution in [0, 0.1) is 29.3 Å².